The number of phenolic OH excluding ortho intramolecular Hbond substituents is 1. The molecular formula is C19H13N3O2. The molecule has 0 aliphatic heterocycles. The maximum absolute atomic E-state index is 11.1. The van der Waals surface area contributed by atoms with Gasteiger partial charge in [0, 0.05) is 33.8 Å². The third-order valence-corrected chi connectivity index (χ3v) is 3.98. The number of nitrogens with one attached hydrogen (secondary N) is 1. The summed E-state index contributed by atoms with van der Waals surface area (Å²) in [5.74, 6) is 0.170. The first-order valence-corrected chi connectivity index (χ1v) is 7.45. The normalized spacial score (nSPS) is 10.8. The van der Waals surface area contributed by atoms with E-state index in [9.17, 15) is 9.90 Å². The van der Waals surface area contributed by atoms with Crippen molar-refractivity contribution in [2.45, 2.75) is 0 Å². The van der Waals surface area contributed by atoms with Crippen molar-refractivity contribution in [1.29, 1.82) is 0 Å². The summed E-state index contributed by atoms with van der Waals surface area (Å²) in [6.07, 6.45) is 2.52. The lowest BCUT2D eigenvalue weighted by Crippen LogP contribution is -1.91. The average molecular weight is 315 g/mol. The van der Waals surface area contributed by atoms with Crippen molar-refractivity contribution in [3.8, 4) is 28.3 Å². The number of para-hydroxylation sites is 1. The van der Waals surface area contributed by atoms with E-state index in [1.54, 1.807) is 24.4 Å². The molecule has 2 aromatic carbocycles. The van der Waals surface area contributed by atoms with Gasteiger partial charge in [-0.25, -0.2) is 0 Å². The van der Waals surface area contributed by atoms with Gasteiger partial charge in [0.1, 0.15) is 5.75 Å². The lowest BCUT2D eigenvalue weighted by atomic mass is 10.1. The Morgan fingerprint density at radius 2 is 1.75 bits per heavy atom. The molecule has 2 N–H and O–H groups in total. The number of aromatic hydroxyl groups is 1. The number of aromatic nitrogens is 3. The number of aldehydes is 1. The fourth-order valence-electron chi connectivity index (χ4n) is 2.72. The van der Waals surface area contributed by atoms with Crippen LogP contribution in [0.5, 0.6) is 5.75 Å². The molecule has 0 bridgehead atoms. The van der Waals surface area contributed by atoms with Gasteiger partial charge < -0.3 is 10.1 Å². The van der Waals surface area contributed by atoms with E-state index in [2.05, 4.69) is 15.2 Å². The Balaban J connectivity index is 1.75. The van der Waals surface area contributed by atoms with E-state index in [1.807, 2.05) is 36.4 Å². The predicted octanol–water partition coefficient (Wildman–Crippen LogP) is 3.81. The van der Waals surface area contributed by atoms with Crippen molar-refractivity contribution in [3.05, 3.63) is 66.4 Å². The van der Waals surface area contributed by atoms with E-state index in [-0.39, 0.29) is 5.75 Å². The number of nitrogens with zero attached hydrogens (tertiary/aromatic N) is 2. The van der Waals surface area contributed by atoms with Gasteiger partial charge in [0.05, 0.1) is 11.4 Å². The minimum Gasteiger partial charge on any atom is -0.507 e. The zero-order chi connectivity index (χ0) is 16.5. The van der Waals surface area contributed by atoms with E-state index < -0.39 is 0 Å². The molecule has 0 saturated heterocycles. The van der Waals surface area contributed by atoms with Gasteiger partial charge in [-0.3, -0.25) is 4.79 Å². The predicted molar refractivity (Wildman–Crippen MR) is 91.8 cm³/mol. The molecule has 0 aliphatic carbocycles. The van der Waals surface area contributed by atoms with Crippen LogP contribution in [-0.4, -0.2) is 26.6 Å². The van der Waals surface area contributed by atoms with Gasteiger partial charge in [0.25, 0.3) is 0 Å². The Labute approximate surface area is 137 Å². The highest BCUT2D eigenvalue weighted by molar-refractivity contribution is 5.98. The fraction of sp³-hybridized carbons (Fsp3) is 0. The van der Waals surface area contributed by atoms with Gasteiger partial charge in [-0.1, -0.05) is 18.2 Å². The van der Waals surface area contributed by atoms with Gasteiger partial charge >= 0.3 is 0 Å². The van der Waals surface area contributed by atoms with Gasteiger partial charge in [-0.2, -0.15) is 0 Å². The van der Waals surface area contributed by atoms with E-state index in [4.69, 9.17) is 0 Å². The van der Waals surface area contributed by atoms with E-state index in [0.29, 0.717) is 22.5 Å². The molecule has 0 fully saturated rings. The quantitative estimate of drug-likeness (QED) is 0.563. The van der Waals surface area contributed by atoms with Crippen LogP contribution in [0.25, 0.3) is 33.4 Å². The number of phenols is 1. The Bertz CT molecular complexity index is 1040. The number of H-pyrrole nitrogens is 1. The van der Waals surface area contributed by atoms with Crippen LogP contribution in [0.15, 0.2) is 60.8 Å². The number of carbonyl (C=O) groups excluding carboxylic acids is 1. The Hall–Kier alpha value is -3.47. The van der Waals surface area contributed by atoms with Crippen LogP contribution >= 0.6 is 0 Å². The zero-order valence-electron chi connectivity index (χ0n) is 12.6. The standard InChI is InChI=1S/C19H13N3O2/c23-11-13-10-20-17-6-5-12(9-15(13)17)16-7-8-18(22-21-16)14-3-1-2-4-19(14)24/h1-11,20,24H. The van der Waals surface area contributed by atoms with Crippen LogP contribution in [0.3, 0.4) is 0 Å². The third-order valence-electron chi connectivity index (χ3n) is 3.98. The first kappa shape index (κ1) is 14.1. The molecule has 4 aromatic rings. The van der Waals surface area contributed by atoms with Crippen molar-refractivity contribution in [3.63, 3.8) is 0 Å². The first-order valence-electron chi connectivity index (χ1n) is 7.45. The lowest BCUT2D eigenvalue weighted by molar-refractivity contribution is 0.112. The van der Waals surface area contributed by atoms with Crippen LogP contribution in [0.2, 0.25) is 0 Å². The monoisotopic (exact) mass is 315 g/mol. The first-order chi connectivity index (χ1) is 11.8. The number of hydrogen-bond acceptors (Lipinski definition) is 4. The number of rotatable bonds is 3. The summed E-state index contributed by atoms with van der Waals surface area (Å²) in [5.41, 5.74) is 4.34. The summed E-state index contributed by atoms with van der Waals surface area (Å²) in [5, 5.41) is 19.2. The van der Waals surface area contributed by atoms with Crippen LogP contribution < -0.4 is 0 Å². The summed E-state index contributed by atoms with van der Waals surface area (Å²) in [7, 11) is 0. The molecule has 0 unspecified atom stereocenters. The molecule has 5 heteroatoms. The Morgan fingerprint density at radius 1 is 0.958 bits per heavy atom. The van der Waals surface area contributed by atoms with Gasteiger partial charge in [0.15, 0.2) is 6.29 Å². The molecule has 116 valence electrons. The second-order valence-electron chi connectivity index (χ2n) is 5.44. The molecule has 2 heterocycles. The van der Waals surface area contributed by atoms with Crippen molar-refractivity contribution in [1.82, 2.24) is 15.2 Å². The highest BCUT2D eigenvalue weighted by Crippen LogP contribution is 2.28. The Kier molecular flexibility index (Phi) is 3.31. The minimum atomic E-state index is 0.170. The molecule has 0 amide bonds. The van der Waals surface area contributed by atoms with Crippen molar-refractivity contribution in [2.24, 2.45) is 0 Å². The van der Waals surface area contributed by atoms with E-state index in [0.717, 1.165) is 22.8 Å². The summed E-state index contributed by atoms with van der Waals surface area (Å²) in [6.45, 7) is 0. The fourth-order valence-corrected chi connectivity index (χ4v) is 2.72. The smallest absolute Gasteiger partial charge is 0.152 e. The van der Waals surface area contributed by atoms with E-state index >= 15 is 0 Å². The topological polar surface area (TPSA) is 78.9 Å². The number of carbonyl (C=O) groups is 1. The molecule has 0 spiro atoms. The van der Waals surface area contributed by atoms with Crippen molar-refractivity contribution in [2.75, 3.05) is 0 Å². The maximum Gasteiger partial charge on any atom is 0.152 e. The zero-order valence-corrected chi connectivity index (χ0v) is 12.6. The number of aromatic amines is 1. The molecule has 4 rings (SSSR count). The summed E-state index contributed by atoms with van der Waals surface area (Å²) in [4.78, 5) is 14.2. The van der Waals surface area contributed by atoms with E-state index in [1.165, 1.54) is 0 Å². The Morgan fingerprint density at radius 3 is 2.50 bits per heavy atom. The lowest BCUT2D eigenvalue weighted by Gasteiger charge is -2.05. The molecular weight excluding hydrogens is 302 g/mol. The molecule has 2 aromatic heterocycles. The second-order valence-corrected chi connectivity index (χ2v) is 5.44. The maximum atomic E-state index is 11.1. The van der Waals surface area contributed by atoms with Gasteiger partial charge in [-0.05, 0) is 36.4 Å². The molecule has 24 heavy (non-hydrogen) atoms. The molecule has 5 nitrogen and oxygen atoms in total. The van der Waals surface area contributed by atoms with Crippen molar-refractivity contribution < 1.29 is 9.90 Å². The third kappa shape index (κ3) is 2.32. The van der Waals surface area contributed by atoms with Crippen molar-refractivity contribution >= 4 is 17.2 Å². The van der Waals surface area contributed by atoms with Gasteiger partial charge in [0.2, 0.25) is 0 Å². The summed E-state index contributed by atoms with van der Waals surface area (Å²) in [6, 6.07) is 16.4. The molecule has 0 aliphatic rings. The second kappa shape index (κ2) is 5.62. The largest absolute Gasteiger partial charge is 0.507 e. The minimum absolute atomic E-state index is 0.170. The average Bonchev–Trinajstić information content (AvgIpc) is 3.04. The highest BCUT2D eigenvalue weighted by Gasteiger charge is 2.09. The van der Waals surface area contributed by atoms with Crippen LogP contribution in [0.4, 0.5) is 0 Å². The SMILES string of the molecule is O=Cc1c[nH]c2ccc(-c3ccc(-c4ccccc4O)nn3)cc12. The number of benzene rings is 2. The van der Waals surface area contributed by atoms with Gasteiger partial charge in [-0.15, -0.1) is 10.2 Å². The van der Waals surface area contributed by atoms with Crippen LogP contribution in [-0.2, 0) is 0 Å². The molecule has 0 atom stereocenters. The summed E-state index contributed by atoms with van der Waals surface area (Å²) < 4.78 is 0. The highest BCUT2D eigenvalue weighted by atomic mass is 16.3. The number of hydrogen-bond donors (Lipinski definition) is 2. The molecule has 0 radical (unpaired) electrons. The summed E-state index contributed by atoms with van der Waals surface area (Å²) >= 11 is 0. The molecule has 0 saturated carbocycles. The van der Waals surface area contributed by atoms with Crippen LogP contribution in [0.1, 0.15) is 10.4 Å². The number of fused-ring (bicyclic) bond motifs is 1. The van der Waals surface area contributed by atoms with Crippen LogP contribution in [0, 0.1) is 0 Å².